The summed E-state index contributed by atoms with van der Waals surface area (Å²) in [5, 5.41) is 9.63. The minimum absolute atomic E-state index is 0.180. The molecule has 1 N–H and O–H groups in total. The minimum Gasteiger partial charge on any atom is -0.478 e. The molecule has 5 nitrogen and oxygen atoms in total. The molecule has 0 fully saturated rings. The average Bonchev–Trinajstić information content (AvgIpc) is 2.37. The molecule has 0 aliphatic rings. The average molecular weight is 245 g/mol. The van der Waals surface area contributed by atoms with Gasteiger partial charge in [-0.3, -0.25) is 4.98 Å². The van der Waals surface area contributed by atoms with Gasteiger partial charge in [0.05, 0.1) is 11.1 Å². The molecule has 18 heavy (non-hydrogen) atoms. The van der Waals surface area contributed by atoms with Crippen LogP contribution in [0.1, 0.15) is 23.7 Å². The number of fused-ring (bicyclic) bond motifs is 1. The summed E-state index contributed by atoms with van der Waals surface area (Å²) >= 11 is 0. The SMILES string of the molecule is CCCN(C)c1cc2ncc(C(=O)O)cc2cn1. The van der Waals surface area contributed by atoms with Crippen molar-refractivity contribution >= 4 is 22.7 Å². The number of hydrogen-bond acceptors (Lipinski definition) is 4. The van der Waals surface area contributed by atoms with Gasteiger partial charge in [-0.25, -0.2) is 9.78 Å². The fourth-order valence-electron chi connectivity index (χ4n) is 1.79. The van der Waals surface area contributed by atoms with Crippen molar-refractivity contribution in [1.82, 2.24) is 9.97 Å². The van der Waals surface area contributed by atoms with Crippen molar-refractivity contribution in [3.8, 4) is 0 Å². The van der Waals surface area contributed by atoms with Crippen molar-refractivity contribution in [3.63, 3.8) is 0 Å². The fourth-order valence-corrected chi connectivity index (χ4v) is 1.79. The highest BCUT2D eigenvalue weighted by molar-refractivity contribution is 5.92. The number of carboxylic acid groups (broad SMARTS) is 1. The Morgan fingerprint density at radius 2 is 2.11 bits per heavy atom. The maximum Gasteiger partial charge on any atom is 0.337 e. The Labute approximate surface area is 105 Å². The molecule has 94 valence electrons. The molecule has 0 aliphatic carbocycles. The number of rotatable bonds is 4. The first-order valence-electron chi connectivity index (χ1n) is 5.82. The van der Waals surface area contributed by atoms with E-state index in [4.69, 9.17) is 5.11 Å². The topological polar surface area (TPSA) is 66.3 Å². The molecular formula is C13H15N3O2. The first-order chi connectivity index (χ1) is 8.61. The van der Waals surface area contributed by atoms with Gasteiger partial charge < -0.3 is 10.0 Å². The lowest BCUT2D eigenvalue weighted by molar-refractivity contribution is 0.0696. The van der Waals surface area contributed by atoms with Gasteiger partial charge in [0.25, 0.3) is 0 Å². The third kappa shape index (κ3) is 2.40. The molecule has 0 unspecified atom stereocenters. The Kier molecular flexibility index (Phi) is 3.41. The van der Waals surface area contributed by atoms with Crippen molar-refractivity contribution in [2.45, 2.75) is 13.3 Å². The van der Waals surface area contributed by atoms with Crippen LogP contribution in [0.3, 0.4) is 0 Å². The zero-order valence-electron chi connectivity index (χ0n) is 10.4. The predicted molar refractivity (Wildman–Crippen MR) is 70.1 cm³/mol. The smallest absolute Gasteiger partial charge is 0.337 e. The molecule has 0 aliphatic heterocycles. The number of carboxylic acids is 1. The molecule has 0 bridgehead atoms. The molecule has 2 aromatic heterocycles. The number of aromatic carboxylic acids is 1. The lowest BCUT2D eigenvalue weighted by atomic mass is 10.2. The normalized spacial score (nSPS) is 10.6. The van der Waals surface area contributed by atoms with Crippen LogP contribution in [-0.4, -0.2) is 34.6 Å². The van der Waals surface area contributed by atoms with E-state index in [9.17, 15) is 4.79 Å². The quantitative estimate of drug-likeness (QED) is 0.894. The molecule has 0 atom stereocenters. The van der Waals surface area contributed by atoms with Crippen molar-refractivity contribution in [1.29, 1.82) is 0 Å². The van der Waals surface area contributed by atoms with E-state index in [0.717, 1.165) is 29.7 Å². The van der Waals surface area contributed by atoms with Gasteiger partial charge in [0.1, 0.15) is 5.82 Å². The minimum atomic E-state index is -0.975. The van der Waals surface area contributed by atoms with Crippen molar-refractivity contribution in [2.24, 2.45) is 0 Å². The van der Waals surface area contributed by atoms with E-state index >= 15 is 0 Å². The first kappa shape index (κ1) is 12.3. The van der Waals surface area contributed by atoms with Gasteiger partial charge in [-0.2, -0.15) is 0 Å². The standard InChI is InChI=1S/C13H15N3O2/c1-3-4-16(2)12-6-11-9(7-15-12)5-10(8-14-11)13(17)18/h5-8H,3-4H2,1-2H3,(H,17,18). The van der Waals surface area contributed by atoms with Crippen LogP contribution in [0.2, 0.25) is 0 Å². The first-order valence-corrected chi connectivity index (χ1v) is 5.82. The van der Waals surface area contributed by atoms with Crippen LogP contribution < -0.4 is 4.90 Å². The number of pyridine rings is 2. The molecule has 5 heteroatoms. The Hall–Kier alpha value is -2.17. The van der Waals surface area contributed by atoms with Gasteiger partial charge in [0.2, 0.25) is 0 Å². The highest BCUT2D eigenvalue weighted by Gasteiger charge is 2.07. The number of carbonyl (C=O) groups is 1. The Morgan fingerprint density at radius 3 is 2.78 bits per heavy atom. The van der Waals surface area contributed by atoms with Crippen LogP contribution in [0.4, 0.5) is 5.82 Å². The van der Waals surface area contributed by atoms with Gasteiger partial charge in [-0.05, 0) is 12.5 Å². The van der Waals surface area contributed by atoms with Crippen LogP contribution in [0.15, 0.2) is 24.5 Å². The Balaban J connectivity index is 2.41. The number of nitrogens with zero attached hydrogens (tertiary/aromatic N) is 3. The second-order valence-electron chi connectivity index (χ2n) is 4.19. The third-order valence-electron chi connectivity index (χ3n) is 2.75. The maximum absolute atomic E-state index is 10.8. The molecule has 0 saturated carbocycles. The lowest BCUT2D eigenvalue weighted by Gasteiger charge is -2.17. The monoisotopic (exact) mass is 245 g/mol. The third-order valence-corrected chi connectivity index (χ3v) is 2.75. The number of aromatic nitrogens is 2. The van der Waals surface area contributed by atoms with Gasteiger partial charge >= 0.3 is 5.97 Å². The summed E-state index contributed by atoms with van der Waals surface area (Å²) in [5.41, 5.74) is 0.937. The summed E-state index contributed by atoms with van der Waals surface area (Å²) in [6.07, 6.45) is 4.08. The van der Waals surface area contributed by atoms with Gasteiger partial charge in [0, 0.05) is 37.4 Å². The lowest BCUT2D eigenvalue weighted by Crippen LogP contribution is -2.18. The summed E-state index contributed by atoms with van der Waals surface area (Å²) in [6.45, 7) is 3.03. The summed E-state index contributed by atoms with van der Waals surface area (Å²) in [5.74, 6) is -0.128. The number of anilines is 1. The van der Waals surface area contributed by atoms with E-state index < -0.39 is 5.97 Å². The van der Waals surface area contributed by atoms with E-state index in [1.165, 1.54) is 6.20 Å². The van der Waals surface area contributed by atoms with Gasteiger partial charge in [0.15, 0.2) is 0 Å². The molecule has 0 aromatic carbocycles. The summed E-state index contributed by atoms with van der Waals surface area (Å²) < 4.78 is 0. The molecule has 0 saturated heterocycles. The van der Waals surface area contributed by atoms with E-state index in [-0.39, 0.29) is 5.56 Å². The zero-order valence-corrected chi connectivity index (χ0v) is 10.4. The summed E-state index contributed by atoms with van der Waals surface area (Å²) in [4.78, 5) is 21.4. The van der Waals surface area contributed by atoms with Crippen LogP contribution in [0.5, 0.6) is 0 Å². The zero-order chi connectivity index (χ0) is 13.1. The fraction of sp³-hybridized carbons (Fsp3) is 0.308. The molecule has 2 heterocycles. The molecule has 0 radical (unpaired) electrons. The van der Waals surface area contributed by atoms with Crippen molar-refractivity contribution < 1.29 is 9.90 Å². The van der Waals surface area contributed by atoms with Crippen LogP contribution in [0.25, 0.3) is 10.9 Å². The van der Waals surface area contributed by atoms with Crippen LogP contribution >= 0.6 is 0 Å². The largest absolute Gasteiger partial charge is 0.478 e. The van der Waals surface area contributed by atoms with Crippen LogP contribution in [0, 0.1) is 0 Å². The highest BCUT2D eigenvalue weighted by atomic mass is 16.4. The Bertz CT molecular complexity index is 583. The molecular weight excluding hydrogens is 230 g/mol. The predicted octanol–water partition coefficient (Wildman–Crippen LogP) is 2.17. The second kappa shape index (κ2) is 5.00. The molecule has 0 amide bonds. The molecule has 2 rings (SSSR count). The highest BCUT2D eigenvalue weighted by Crippen LogP contribution is 2.18. The second-order valence-corrected chi connectivity index (χ2v) is 4.19. The maximum atomic E-state index is 10.8. The van der Waals surface area contributed by atoms with E-state index in [0.29, 0.717) is 0 Å². The van der Waals surface area contributed by atoms with E-state index in [1.807, 2.05) is 18.0 Å². The summed E-state index contributed by atoms with van der Waals surface area (Å²) in [7, 11) is 1.98. The molecule has 2 aromatic rings. The summed E-state index contributed by atoms with van der Waals surface area (Å²) in [6, 6.07) is 3.46. The van der Waals surface area contributed by atoms with Crippen LogP contribution in [-0.2, 0) is 0 Å². The molecule has 0 spiro atoms. The number of hydrogen-bond donors (Lipinski definition) is 1. The Morgan fingerprint density at radius 1 is 1.33 bits per heavy atom. The van der Waals surface area contributed by atoms with Crippen molar-refractivity contribution in [2.75, 3.05) is 18.5 Å². The van der Waals surface area contributed by atoms with Gasteiger partial charge in [-0.1, -0.05) is 6.92 Å². The van der Waals surface area contributed by atoms with Gasteiger partial charge in [-0.15, -0.1) is 0 Å². The van der Waals surface area contributed by atoms with E-state index in [1.54, 1.807) is 12.3 Å². The van der Waals surface area contributed by atoms with E-state index in [2.05, 4.69) is 16.9 Å². The van der Waals surface area contributed by atoms with Crippen molar-refractivity contribution in [3.05, 3.63) is 30.1 Å².